The molecule has 0 aliphatic carbocycles. The van der Waals surface area contributed by atoms with E-state index in [2.05, 4.69) is 58.4 Å². The largest absolute Gasteiger partial charge is 0.472 e. The van der Waals surface area contributed by atoms with Crippen molar-refractivity contribution in [1.82, 2.24) is 9.80 Å². The van der Waals surface area contributed by atoms with Crippen LogP contribution >= 0.6 is 0 Å². The molecule has 1 aliphatic heterocycles. The molecule has 1 fully saturated rings. The first-order valence-electron chi connectivity index (χ1n) is 7.57. The van der Waals surface area contributed by atoms with Crippen LogP contribution in [0.4, 0.5) is 0 Å². The minimum absolute atomic E-state index is 1.00. The highest BCUT2D eigenvalue weighted by molar-refractivity contribution is 5.48. The Labute approximate surface area is 126 Å². The molecule has 2 heterocycles. The van der Waals surface area contributed by atoms with Crippen molar-refractivity contribution >= 4 is 6.08 Å². The van der Waals surface area contributed by atoms with Gasteiger partial charge in [0.25, 0.3) is 0 Å². The van der Waals surface area contributed by atoms with Crippen molar-refractivity contribution in [3.63, 3.8) is 0 Å². The number of benzene rings is 1. The van der Waals surface area contributed by atoms with Gasteiger partial charge in [0.2, 0.25) is 0 Å². The second-order valence-electron chi connectivity index (χ2n) is 5.52. The predicted octanol–water partition coefficient (Wildman–Crippen LogP) is 3.11. The second kappa shape index (κ2) is 7.25. The number of piperazine rings is 1. The van der Waals surface area contributed by atoms with Crippen molar-refractivity contribution in [2.75, 3.05) is 32.7 Å². The van der Waals surface area contributed by atoms with Crippen molar-refractivity contribution in [3.8, 4) is 0 Å². The van der Waals surface area contributed by atoms with Crippen LogP contribution in [0.5, 0.6) is 0 Å². The van der Waals surface area contributed by atoms with Gasteiger partial charge in [0, 0.05) is 44.8 Å². The highest BCUT2D eigenvalue weighted by Gasteiger charge is 2.15. The molecule has 3 nitrogen and oxygen atoms in total. The molecule has 1 aliphatic rings. The van der Waals surface area contributed by atoms with Gasteiger partial charge < -0.3 is 4.42 Å². The van der Waals surface area contributed by atoms with E-state index in [9.17, 15) is 0 Å². The summed E-state index contributed by atoms with van der Waals surface area (Å²) in [5.74, 6) is 0. The van der Waals surface area contributed by atoms with Gasteiger partial charge in [-0.3, -0.25) is 9.80 Å². The molecule has 0 atom stereocenters. The normalized spacial score (nSPS) is 17.5. The molecule has 1 aromatic heterocycles. The maximum absolute atomic E-state index is 5.13. The maximum atomic E-state index is 5.13. The standard InChI is InChI=1S/C18H22N2O/c1-2-5-17(6-3-1)7-4-9-19-10-12-20(13-11-19)15-18-8-14-21-16-18/h1-8,14,16H,9-13,15H2. The monoisotopic (exact) mass is 282 g/mol. The molecule has 0 radical (unpaired) electrons. The van der Waals surface area contributed by atoms with Gasteiger partial charge in [-0.1, -0.05) is 42.5 Å². The first-order chi connectivity index (χ1) is 10.4. The third-order valence-corrected chi connectivity index (χ3v) is 3.92. The van der Waals surface area contributed by atoms with E-state index in [1.165, 1.54) is 11.1 Å². The van der Waals surface area contributed by atoms with Crippen molar-refractivity contribution in [2.45, 2.75) is 6.54 Å². The number of rotatable bonds is 5. The van der Waals surface area contributed by atoms with Crippen molar-refractivity contribution in [1.29, 1.82) is 0 Å². The summed E-state index contributed by atoms with van der Waals surface area (Å²) in [7, 11) is 0. The first kappa shape index (κ1) is 14.1. The third-order valence-electron chi connectivity index (χ3n) is 3.92. The Morgan fingerprint density at radius 1 is 0.952 bits per heavy atom. The summed E-state index contributed by atoms with van der Waals surface area (Å²) in [6.45, 7) is 6.57. The Morgan fingerprint density at radius 2 is 1.71 bits per heavy atom. The lowest BCUT2D eigenvalue weighted by Crippen LogP contribution is -2.45. The topological polar surface area (TPSA) is 19.6 Å². The highest BCUT2D eigenvalue weighted by atomic mass is 16.3. The quantitative estimate of drug-likeness (QED) is 0.840. The summed E-state index contributed by atoms with van der Waals surface area (Å²) in [6, 6.07) is 12.5. The molecule has 0 unspecified atom stereocenters. The fourth-order valence-corrected chi connectivity index (χ4v) is 2.67. The fraction of sp³-hybridized carbons (Fsp3) is 0.333. The van der Waals surface area contributed by atoms with Crippen LogP contribution in [0.2, 0.25) is 0 Å². The summed E-state index contributed by atoms with van der Waals surface area (Å²) < 4.78 is 5.13. The lowest BCUT2D eigenvalue weighted by molar-refractivity contribution is 0.137. The SMILES string of the molecule is C(=Cc1ccccc1)CN1CCN(Cc2ccoc2)CC1. The van der Waals surface area contributed by atoms with Gasteiger partial charge in [-0.05, 0) is 11.6 Å². The average Bonchev–Trinajstić information content (AvgIpc) is 3.03. The van der Waals surface area contributed by atoms with E-state index in [4.69, 9.17) is 4.42 Å². The molecule has 0 saturated carbocycles. The molecule has 0 amide bonds. The summed E-state index contributed by atoms with van der Waals surface area (Å²) in [5.41, 5.74) is 2.54. The Balaban J connectivity index is 1.40. The molecule has 2 aromatic rings. The summed E-state index contributed by atoms with van der Waals surface area (Å²) >= 11 is 0. The van der Waals surface area contributed by atoms with E-state index in [0.717, 1.165) is 39.3 Å². The Kier molecular flexibility index (Phi) is 4.87. The third kappa shape index (κ3) is 4.31. The van der Waals surface area contributed by atoms with E-state index in [1.807, 2.05) is 6.26 Å². The van der Waals surface area contributed by atoms with E-state index in [1.54, 1.807) is 6.26 Å². The Morgan fingerprint density at radius 3 is 2.43 bits per heavy atom. The van der Waals surface area contributed by atoms with E-state index >= 15 is 0 Å². The van der Waals surface area contributed by atoms with Crippen LogP contribution in [0.3, 0.4) is 0 Å². The molecular weight excluding hydrogens is 260 g/mol. The molecule has 21 heavy (non-hydrogen) atoms. The molecule has 0 spiro atoms. The maximum Gasteiger partial charge on any atom is 0.0947 e. The average molecular weight is 282 g/mol. The Bertz CT molecular complexity index is 540. The van der Waals surface area contributed by atoms with Gasteiger partial charge >= 0.3 is 0 Å². The van der Waals surface area contributed by atoms with Crippen LogP contribution in [0.1, 0.15) is 11.1 Å². The van der Waals surface area contributed by atoms with E-state index < -0.39 is 0 Å². The zero-order chi connectivity index (χ0) is 14.3. The summed E-state index contributed by atoms with van der Waals surface area (Å²) in [5, 5.41) is 0. The van der Waals surface area contributed by atoms with Crippen LogP contribution < -0.4 is 0 Å². The molecule has 1 aromatic carbocycles. The second-order valence-corrected chi connectivity index (χ2v) is 5.52. The highest BCUT2D eigenvalue weighted by Crippen LogP contribution is 2.09. The summed E-state index contributed by atoms with van der Waals surface area (Å²) in [6.07, 6.45) is 8.06. The van der Waals surface area contributed by atoms with Gasteiger partial charge in [0.1, 0.15) is 0 Å². The number of hydrogen-bond donors (Lipinski definition) is 0. The van der Waals surface area contributed by atoms with Crippen LogP contribution in [0.15, 0.2) is 59.4 Å². The fourth-order valence-electron chi connectivity index (χ4n) is 2.67. The van der Waals surface area contributed by atoms with Crippen LogP contribution in [0, 0.1) is 0 Å². The molecule has 0 N–H and O–H groups in total. The minimum Gasteiger partial charge on any atom is -0.472 e. The van der Waals surface area contributed by atoms with Crippen molar-refractivity contribution in [3.05, 3.63) is 66.1 Å². The molecule has 3 rings (SSSR count). The van der Waals surface area contributed by atoms with Crippen LogP contribution in [-0.4, -0.2) is 42.5 Å². The van der Waals surface area contributed by atoms with Crippen LogP contribution in [0.25, 0.3) is 6.08 Å². The van der Waals surface area contributed by atoms with Gasteiger partial charge in [-0.15, -0.1) is 0 Å². The van der Waals surface area contributed by atoms with E-state index in [-0.39, 0.29) is 0 Å². The molecule has 0 bridgehead atoms. The van der Waals surface area contributed by atoms with Crippen molar-refractivity contribution in [2.24, 2.45) is 0 Å². The first-order valence-corrected chi connectivity index (χ1v) is 7.57. The minimum atomic E-state index is 1.00. The van der Waals surface area contributed by atoms with E-state index in [0.29, 0.717) is 0 Å². The number of nitrogens with zero attached hydrogens (tertiary/aromatic N) is 2. The van der Waals surface area contributed by atoms with Crippen molar-refractivity contribution < 1.29 is 4.42 Å². The van der Waals surface area contributed by atoms with Gasteiger partial charge in [-0.25, -0.2) is 0 Å². The molecule has 3 heteroatoms. The van der Waals surface area contributed by atoms with Gasteiger partial charge in [0.05, 0.1) is 12.5 Å². The molecular formula is C18H22N2O. The number of hydrogen-bond acceptors (Lipinski definition) is 3. The molecule has 110 valence electrons. The zero-order valence-corrected chi connectivity index (χ0v) is 12.3. The number of furan rings is 1. The lowest BCUT2D eigenvalue weighted by atomic mass is 10.2. The summed E-state index contributed by atoms with van der Waals surface area (Å²) in [4.78, 5) is 4.99. The predicted molar refractivity (Wildman–Crippen MR) is 85.9 cm³/mol. The zero-order valence-electron chi connectivity index (χ0n) is 12.3. The molecule has 1 saturated heterocycles. The van der Waals surface area contributed by atoms with Crippen LogP contribution in [-0.2, 0) is 6.54 Å². The smallest absolute Gasteiger partial charge is 0.0947 e. The van der Waals surface area contributed by atoms with Gasteiger partial charge in [0.15, 0.2) is 0 Å². The lowest BCUT2D eigenvalue weighted by Gasteiger charge is -2.33. The Hall–Kier alpha value is -1.84. The van der Waals surface area contributed by atoms with Gasteiger partial charge in [-0.2, -0.15) is 0 Å².